The molecule has 21 heavy (non-hydrogen) atoms. The number of benzene rings is 1. The van der Waals surface area contributed by atoms with Gasteiger partial charge in [-0.15, -0.1) is 16.4 Å². The lowest BCUT2D eigenvalue weighted by Gasteiger charge is -2.06. The molecule has 1 aromatic carbocycles. The molecule has 7 nitrogen and oxygen atoms in total. The van der Waals surface area contributed by atoms with Gasteiger partial charge in [-0.1, -0.05) is 0 Å². The molecule has 0 radical (unpaired) electrons. The maximum atomic E-state index is 11.0. The van der Waals surface area contributed by atoms with Crippen molar-refractivity contribution in [3.8, 4) is 5.69 Å². The number of carbonyl (C=O) groups is 1. The molecule has 0 bridgehead atoms. The predicted molar refractivity (Wildman–Crippen MR) is 79.3 cm³/mol. The lowest BCUT2D eigenvalue weighted by molar-refractivity contribution is 0.100. The second-order valence-electron chi connectivity index (χ2n) is 4.32. The molecule has 0 saturated heterocycles. The number of nitrogens with one attached hydrogen (secondary N) is 1. The van der Waals surface area contributed by atoms with Crippen LogP contribution in [0.25, 0.3) is 5.69 Å². The van der Waals surface area contributed by atoms with Crippen LogP contribution in [-0.2, 0) is 6.54 Å². The number of tetrazole rings is 1. The van der Waals surface area contributed by atoms with Crippen molar-refractivity contribution >= 4 is 22.9 Å². The molecule has 0 aliphatic rings. The molecule has 0 fully saturated rings. The standard InChI is InChI=1S/C13H12N6OS/c14-13(20)9-5-12(21-7-9)6-15-10-1-3-11(4-2-10)19-8-16-17-18-19/h1-5,7-8,15H,6H2,(H2,14,20). The van der Waals surface area contributed by atoms with E-state index in [1.807, 2.05) is 24.3 Å². The molecule has 3 aromatic rings. The molecule has 0 atom stereocenters. The molecule has 3 rings (SSSR count). The number of thiophene rings is 1. The van der Waals surface area contributed by atoms with Crippen LogP contribution in [0.2, 0.25) is 0 Å². The fourth-order valence-corrected chi connectivity index (χ4v) is 2.62. The Labute approximate surface area is 124 Å². The zero-order chi connectivity index (χ0) is 14.7. The minimum Gasteiger partial charge on any atom is -0.380 e. The van der Waals surface area contributed by atoms with E-state index in [0.29, 0.717) is 12.1 Å². The summed E-state index contributed by atoms with van der Waals surface area (Å²) in [6.45, 7) is 0.641. The molecule has 2 aromatic heterocycles. The topological polar surface area (TPSA) is 98.7 Å². The van der Waals surface area contributed by atoms with Gasteiger partial charge < -0.3 is 11.1 Å². The average molecular weight is 300 g/mol. The first-order valence-corrected chi connectivity index (χ1v) is 7.05. The Kier molecular flexibility index (Phi) is 3.61. The zero-order valence-corrected chi connectivity index (χ0v) is 11.7. The average Bonchev–Trinajstić information content (AvgIpc) is 3.17. The molecule has 0 saturated carbocycles. The van der Waals surface area contributed by atoms with Crippen molar-refractivity contribution in [2.45, 2.75) is 6.54 Å². The first-order valence-electron chi connectivity index (χ1n) is 6.17. The van der Waals surface area contributed by atoms with Crippen molar-refractivity contribution < 1.29 is 4.79 Å². The summed E-state index contributed by atoms with van der Waals surface area (Å²) in [5.41, 5.74) is 7.63. The first kappa shape index (κ1) is 13.3. The van der Waals surface area contributed by atoms with E-state index in [9.17, 15) is 4.79 Å². The van der Waals surface area contributed by atoms with Gasteiger partial charge in [-0.05, 0) is 40.8 Å². The Morgan fingerprint density at radius 3 is 2.76 bits per heavy atom. The van der Waals surface area contributed by atoms with Gasteiger partial charge in [-0.3, -0.25) is 4.79 Å². The molecule has 0 aliphatic carbocycles. The van der Waals surface area contributed by atoms with Crippen molar-refractivity contribution in [2.75, 3.05) is 5.32 Å². The Bertz CT molecular complexity index is 734. The van der Waals surface area contributed by atoms with E-state index >= 15 is 0 Å². The lowest BCUT2D eigenvalue weighted by atomic mass is 10.2. The molecule has 0 aliphatic heterocycles. The normalized spacial score (nSPS) is 10.5. The van der Waals surface area contributed by atoms with Crippen LogP contribution in [0, 0.1) is 0 Å². The second kappa shape index (κ2) is 5.71. The predicted octanol–water partition coefficient (Wildman–Crippen LogP) is 1.43. The van der Waals surface area contributed by atoms with Crippen molar-refractivity contribution in [3.05, 3.63) is 52.5 Å². The van der Waals surface area contributed by atoms with Crippen LogP contribution >= 0.6 is 11.3 Å². The lowest BCUT2D eigenvalue weighted by Crippen LogP contribution is -2.09. The number of carbonyl (C=O) groups excluding carboxylic acids is 1. The highest BCUT2D eigenvalue weighted by atomic mass is 32.1. The van der Waals surface area contributed by atoms with Gasteiger partial charge in [0.05, 0.1) is 11.3 Å². The highest BCUT2D eigenvalue weighted by Gasteiger charge is 2.04. The summed E-state index contributed by atoms with van der Waals surface area (Å²) < 4.78 is 1.59. The Hall–Kier alpha value is -2.74. The highest BCUT2D eigenvalue weighted by molar-refractivity contribution is 7.10. The van der Waals surface area contributed by atoms with E-state index in [0.717, 1.165) is 16.3 Å². The molecule has 106 valence electrons. The van der Waals surface area contributed by atoms with Gasteiger partial charge in [-0.2, -0.15) is 0 Å². The van der Waals surface area contributed by atoms with Crippen LogP contribution in [0.15, 0.2) is 42.0 Å². The smallest absolute Gasteiger partial charge is 0.249 e. The number of primary amides is 1. The van der Waals surface area contributed by atoms with Gasteiger partial charge in [-0.25, -0.2) is 4.68 Å². The summed E-state index contributed by atoms with van der Waals surface area (Å²) in [6.07, 6.45) is 1.54. The molecule has 8 heteroatoms. The zero-order valence-electron chi connectivity index (χ0n) is 10.9. The van der Waals surface area contributed by atoms with E-state index in [2.05, 4.69) is 20.8 Å². The quantitative estimate of drug-likeness (QED) is 0.742. The maximum absolute atomic E-state index is 11.0. The summed E-state index contributed by atoms with van der Waals surface area (Å²) in [5.74, 6) is -0.400. The van der Waals surface area contributed by atoms with Crippen molar-refractivity contribution in [3.63, 3.8) is 0 Å². The number of nitrogens with zero attached hydrogens (tertiary/aromatic N) is 4. The third-order valence-corrected chi connectivity index (χ3v) is 3.82. The SMILES string of the molecule is NC(=O)c1csc(CNc2ccc(-n3cnnn3)cc2)c1. The van der Waals surface area contributed by atoms with E-state index in [-0.39, 0.29) is 0 Å². The number of anilines is 1. The number of nitrogens with two attached hydrogens (primary N) is 1. The van der Waals surface area contributed by atoms with E-state index in [1.54, 1.807) is 22.5 Å². The van der Waals surface area contributed by atoms with Gasteiger partial charge in [0, 0.05) is 22.5 Å². The summed E-state index contributed by atoms with van der Waals surface area (Å²) in [6, 6.07) is 9.53. The molecular formula is C13H12N6OS. The second-order valence-corrected chi connectivity index (χ2v) is 5.32. The third-order valence-electron chi connectivity index (χ3n) is 2.89. The van der Waals surface area contributed by atoms with Crippen LogP contribution in [0.1, 0.15) is 15.2 Å². The van der Waals surface area contributed by atoms with Crippen molar-refractivity contribution in [2.24, 2.45) is 5.73 Å². The molecule has 0 unspecified atom stereocenters. The minimum absolute atomic E-state index is 0.400. The number of rotatable bonds is 5. The van der Waals surface area contributed by atoms with Gasteiger partial charge in [0.2, 0.25) is 5.91 Å². The summed E-state index contributed by atoms with van der Waals surface area (Å²) >= 11 is 1.50. The van der Waals surface area contributed by atoms with Crippen LogP contribution in [0.3, 0.4) is 0 Å². The van der Waals surface area contributed by atoms with E-state index in [4.69, 9.17) is 5.73 Å². The molecule has 2 heterocycles. The Morgan fingerprint density at radius 1 is 1.33 bits per heavy atom. The molecule has 3 N–H and O–H groups in total. The number of hydrogen-bond donors (Lipinski definition) is 2. The highest BCUT2D eigenvalue weighted by Crippen LogP contribution is 2.17. The van der Waals surface area contributed by atoms with Crippen LogP contribution in [0.5, 0.6) is 0 Å². The summed E-state index contributed by atoms with van der Waals surface area (Å²) in [5, 5.41) is 16.1. The monoisotopic (exact) mass is 300 g/mol. The van der Waals surface area contributed by atoms with E-state index < -0.39 is 5.91 Å². The minimum atomic E-state index is -0.400. The fraction of sp³-hybridized carbons (Fsp3) is 0.0769. The van der Waals surface area contributed by atoms with Crippen molar-refractivity contribution in [1.29, 1.82) is 0 Å². The summed E-state index contributed by atoms with van der Waals surface area (Å²) in [4.78, 5) is 12.1. The van der Waals surface area contributed by atoms with Gasteiger partial charge in [0.1, 0.15) is 6.33 Å². The first-order chi connectivity index (χ1) is 10.2. The van der Waals surface area contributed by atoms with Crippen LogP contribution in [0.4, 0.5) is 5.69 Å². The van der Waals surface area contributed by atoms with Gasteiger partial charge in [0.15, 0.2) is 0 Å². The molecule has 1 amide bonds. The fourth-order valence-electron chi connectivity index (χ4n) is 1.80. The number of aromatic nitrogens is 4. The molecular weight excluding hydrogens is 288 g/mol. The number of hydrogen-bond acceptors (Lipinski definition) is 6. The Balaban J connectivity index is 1.64. The summed E-state index contributed by atoms with van der Waals surface area (Å²) in [7, 11) is 0. The maximum Gasteiger partial charge on any atom is 0.249 e. The van der Waals surface area contributed by atoms with Crippen LogP contribution < -0.4 is 11.1 Å². The van der Waals surface area contributed by atoms with Crippen LogP contribution in [-0.4, -0.2) is 26.1 Å². The van der Waals surface area contributed by atoms with Gasteiger partial charge >= 0.3 is 0 Å². The number of amides is 1. The third kappa shape index (κ3) is 3.06. The molecule has 0 spiro atoms. The van der Waals surface area contributed by atoms with Gasteiger partial charge in [0.25, 0.3) is 0 Å². The van der Waals surface area contributed by atoms with E-state index in [1.165, 1.54) is 11.3 Å². The largest absolute Gasteiger partial charge is 0.380 e. The Morgan fingerprint density at radius 2 is 2.14 bits per heavy atom. The van der Waals surface area contributed by atoms with Crippen molar-refractivity contribution in [1.82, 2.24) is 20.2 Å².